The Kier molecular flexibility index (Phi) is 2.66. The van der Waals surface area contributed by atoms with Gasteiger partial charge in [0.1, 0.15) is 22.7 Å². The maximum absolute atomic E-state index is 13.9. The number of rotatable bonds is 1. The normalized spacial score (nSPS) is 11.4. The molecule has 0 amide bonds. The van der Waals surface area contributed by atoms with Gasteiger partial charge in [0.15, 0.2) is 0 Å². The van der Waals surface area contributed by atoms with Crippen LogP contribution in [0, 0.1) is 5.82 Å². The van der Waals surface area contributed by atoms with Crippen LogP contribution in [-0.2, 0) is 0 Å². The van der Waals surface area contributed by atoms with Gasteiger partial charge in [0.25, 0.3) is 0 Å². The third-order valence-corrected chi connectivity index (χ3v) is 3.83. The van der Waals surface area contributed by atoms with Crippen molar-refractivity contribution in [2.45, 2.75) is 0 Å². The predicted octanol–water partition coefficient (Wildman–Crippen LogP) is 4.25. The van der Waals surface area contributed by atoms with Crippen molar-refractivity contribution in [1.29, 1.82) is 0 Å². The van der Waals surface area contributed by atoms with E-state index in [9.17, 15) is 9.18 Å². The number of benzene rings is 3. The lowest BCUT2D eigenvalue weighted by atomic mass is 10.1. The molecule has 3 nitrogen and oxygen atoms in total. The van der Waals surface area contributed by atoms with Crippen molar-refractivity contribution < 1.29 is 13.5 Å². The summed E-state index contributed by atoms with van der Waals surface area (Å²) in [5.41, 5.74) is 0.709. The van der Waals surface area contributed by atoms with E-state index < -0.39 is 0 Å². The van der Waals surface area contributed by atoms with Gasteiger partial charge < -0.3 is 9.15 Å². The van der Waals surface area contributed by atoms with Crippen molar-refractivity contribution in [2.75, 3.05) is 7.11 Å². The maximum Gasteiger partial charge on any atom is 0.200 e. The zero-order valence-electron chi connectivity index (χ0n) is 11.7. The second-order valence-electron chi connectivity index (χ2n) is 5.10. The molecule has 0 bridgehead atoms. The molecule has 0 saturated heterocycles. The fourth-order valence-electron chi connectivity index (χ4n) is 2.69. The number of halogens is 1. The number of hydrogen-bond acceptors (Lipinski definition) is 3. The third kappa shape index (κ3) is 1.77. The molecule has 0 aliphatic heterocycles. The van der Waals surface area contributed by atoms with Crippen molar-refractivity contribution in [3.8, 4) is 5.75 Å². The summed E-state index contributed by atoms with van der Waals surface area (Å²) in [7, 11) is 1.55. The van der Waals surface area contributed by atoms with Crippen molar-refractivity contribution in [1.82, 2.24) is 0 Å². The predicted molar refractivity (Wildman–Crippen MR) is 84.0 cm³/mol. The average molecular weight is 294 g/mol. The Morgan fingerprint density at radius 3 is 2.59 bits per heavy atom. The molecule has 108 valence electrons. The van der Waals surface area contributed by atoms with Crippen molar-refractivity contribution >= 4 is 32.7 Å². The number of ether oxygens (including phenoxy) is 1. The molecule has 0 radical (unpaired) electrons. The van der Waals surface area contributed by atoms with Crippen molar-refractivity contribution in [2.24, 2.45) is 0 Å². The van der Waals surface area contributed by atoms with E-state index >= 15 is 0 Å². The molecule has 4 aromatic rings. The Morgan fingerprint density at radius 1 is 0.955 bits per heavy atom. The van der Waals surface area contributed by atoms with Gasteiger partial charge in [-0.05, 0) is 35.7 Å². The maximum atomic E-state index is 13.9. The van der Waals surface area contributed by atoms with Gasteiger partial charge in [0.2, 0.25) is 5.43 Å². The smallest absolute Gasteiger partial charge is 0.200 e. The van der Waals surface area contributed by atoms with E-state index in [1.165, 1.54) is 6.07 Å². The number of hydrogen-bond donors (Lipinski definition) is 0. The topological polar surface area (TPSA) is 39.4 Å². The highest BCUT2D eigenvalue weighted by Crippen LogP contribution is 2.27. The van der Waals surface area contributed by atoms with Gasteiger partial charge in [0, 0.05) is 11.5 Å². The lowest BCUT2D eigenvalue weighted by molar-refractivity contribution is 0.414. The molecule has 1 aromatic heterocycles. The Hall–Kier alpha value is -2.88. The van der Waals surface area contributed by atoms with E-state index in [4.69, 9.17) is 9.15 Å². The first-order valence-corrected chi connectivity index (χ1v) is 6.80. The number of methoxy groups -OCH3 is 1. The van der Waals surface area contributed by atoms with Crippen LogP contribution in [0.15, 0.2) is 57.7 Å². The van der Waals surface area contributed by atoms with E-state index in [2.05, 4.69) is 0 Å². The van der Waals surface area contributed by atoms with E-state index in [1.54, 1.807) is 49.6 Å². The minimum Gasteiger partial charge on any atom is -0.497 e. The Morgan fingerprint density at radius 2 is 1.77 bits per heavy atom. The van der Waals surface area contributed by atoms with Crippen LogP contribution in [0.1, 0.15) is 0 Å². The van der Waals surface area contributed by atoms with E-state index in [1.807, 2.05) is 0 Å². The first-order chi connectivity index (χ1) is 10.7. The van der Waals surface area contributed by atoms with Gasteiger partial charge in [-0.3, -0.25) is 4.79 Å². The molecule has 0 aliphatic rings. The molecule has 4 rings (SSSR count). The molecule has 0 N–H and O–H groups in total. The van der Waals surface area contributed by atoms with Gasteiger partial charge in [-0.2, -0.15) is 0 Å². The summed E-state index contributed by atoms with van der Waals surface area (Å²) in [4.78, 5) is 12.6. The summed E-state index contributed by atoms with van der Waals surface area (Å²) in [6, 6.07) is 13.1. The van der Waals surface area contributed by atoms with Crippen LogP contribution >= 0.6 is 0 Å². The molecular formula is C18H11FO3. The van der Waals surface area contributed by atoms with E-state index in [0.29, 0.717) is 38.5 Å². The lowest BCUT2D eigenvalue weighted by Gasteiger charge is -2.06. The molecule has 0 spiro atoms. The van der Waals surface area contributed by atoms with Crippen LogP contribution in [0.2, 0.25) is 0 Å². The summed E-state index contributed by atoms with van der Waals surface area (Å²) in [5, 5.41) is 1.92. The minimum atomic E-state index is -0.353. The van der Waals surface area contributed by atoms with Crippen LogP contribution in [0.25, 0.3) is 32.7 Å². The average Bonchev–Trinajstić information content (AvgIpc) is 2.53. The van der Waals surface area contributed by atoms with Crippen LogP contribution in [0.5, 0.6) is 5.75 Å². The zero-order chi connectivity index (χ0) is 15.3. The molecule has 22 heavy (non-hydrogen) atoms. The zero-order valence-corrected chi connectivity index (χ0v) is 11.7. The molecule has 0 fully saturated rings. The monoisotopic (exact) mass is 294 g/mol. The number of fused-ring (bicyclic) bond motifs is 3. The molecule has 0 aliphatic carbocycles. The standard InChI is InChI=1S/C18H11FO3/c1-21-11-5-6-12-17(8-11)22-16-7-10-3-2-4-15(19)13(10)9-14(16)18(12)20/h2-9H,1H3. The first-order valence-electron chi connectivity index (χ1n) is 6.80. The molecule has 1 heterocycles. The molecule has 0 unspecified atom stereocenters. The Bertz CT molecular complexity index is 1100. The quantitative estimate of drug-likeness (QED) is 0.493. The second-order valence-corrected chi connectivity index (χ2v) is 5.10. The van der Waals surface area contributed by atoms with Gasteiger partial charge in [-0.1, -0.05) is 12.1 Å². The molecule has 0 atom stereocenters. The summed E-state index contributed by atoms with van der Waals surface area (Å²) >= 11 is 0. The summed E-state index contributed by atoms with van der Waals surface area (Å²) in [5.74, 6) is 0.260. The second kappa shape index (κ2) is 4.56. The van der Waals surface area contributed by atoms with Crippen LogP contribution < -0.4 is 10.2 Å². The van der Waals surface area contributed by atoms with Crippen molar-refractivity contribution in [3.05, 3.63) is 64.6 Å². The molecule has 0 saturated carbocycles. The molecular weight excluding hydrogens is 283 g/mol. The summed E-state index contributed by atoms with van der Waals surface area (Å²) in [6.45, 7) is 0. The summed E-state index contributed by atoms with van der Waals surface area (Å²) in [6.07, 6.45) is 0. The first kappa shape index (κ1) is 12.8. The summed E-state index contributed by atoms with van der Waals surface area (Å²) < 4.78 is 24.9. The van der Waals surface area contributed by atoms with E-state index in [-0.39, 0.29) is 11.2 Å². The van der Waals surface area contributed by atoms with Crippen LogP contribution in [0.4, 0.5) is 4.39 Å². The van der Waals surface area contributed by atoms with Gasteiger partial charge in [0.05, 0.1) is 17.9 Å². The largest absolute Gasteiger partial charge is 0.497 e. The minimum absolute atomic E-state index is 0.177. The highest BCUT2D eigenvalue weighted by atomic mass is 19.1. The van der Waals surface area contributed by atoms with Crippen molar-refractivity contribution in [3.63, 3.8) is 0 Å². The highest BCUT2D eigenvalue weighted by Gasteiger charge is 2.11. The fraction of sp³-hybridized carbons (Fsp3) is 0.0556. The van der Waals surface area contributed by atoms with Gasteiger partial charge in [-0.15, -0.1) is 0 Å². The SMILES string of the molecule is COc1ccc2c(=O)c3cc4c(F)cccc4cc3oc2c1. The Labute approximate surface area is 124 Å². The fourth-order valence-corrected chi connectivity index (χ4v) is 2.69. The van der Waals surface area contributed by atoms with Gasteiger partial charge in [-0.25, -0.2) is 4.39 Å². The molecule has 3 aromatic carbocycles. The van der Waals surface area contributed by atoms with E-state index in [0.717, 1.165) is 0 Å². The Balaban J connectivity index is 2.19. The molecule has 4 heteroatoms. The third-order valence-electron chi connectivity index (χ3n) is 3.83. The highest BCUT2D eigenvalue weighted by molar-refractivity contribution is 5.99. The van der Waals surface area contributed by atoms with Crippen LogP contribution in [0.3, 0.4) is 0 Å². The van der Waals surface area contributed by atoms with Crippen LogP contribution in [-0.4, -0.2) is 7.11 Å². The lowest BCUT2D eigenvalue weighted by Crippen LogP contribution is -2.02. The van der Waals surface area contributed by atoms with Gasteiger partial charge >= 0.3 is 0 Å².